The predicted octanol–water partition coefficient (Wildman–Crippen LogP) is 6.71. The molecule has 36 heavy (non-hydrogen) atoms. The van der Waals surface area contributed by atoms with E-state index in [0.717, 1.165) is 0 Å². The molecule has 0 aliphatic carbocycles. The normalized spacial score (nSPS) is 20.0. The molecule has 0 bridgehead atoms. The van der Waals surface area contributed by atoms with Crippen LogP contribution in [0.2, 0.25) is 5.02 Å². The van der Waals surface area contributed by atoms with Crippen LogP contribution in [0.4, 0.5) is 4.39 Å². The number of hydrogen-bond acceptors (Lipinski definition) is 6. The summed E-state index contributed by atoms with van der Waals surface area (Å²) >= 11 is 12.4. The van der Waals surface area contributed by atoms with E-state index >= 15 is 0 Å². The van der Waals surface area contributed by atoms with Gasteiger partial charge in [0, 0.05) is 17.5 Å². The van der Waals surface area contributed by atoms with Gasteiger partial charge < -0.3 is 4.74 Å². The van der Waals surface area contributed by atoms with E-state index in [0.29, 0.717) is 33.2 Å². The number of Topliss-reactive ketones (excluding diaryl/α,β-unsaturated/α-hetero) is 1. The number of ketones is 1. The molecule has 2 aromatic heterocycles. The first-order chi connectivity index (χ1) is 17.3. The minimum atomic E-state index is -1.26. The van der Waals surface area contributed by atoms with Crippen molar-refractivity contribution in [3.8, 4) is 11.6 Å². The molecule has 1 fully saturated rings. The average Bonchev–Trinajstić information content (AvgIpc) is 3.41. The summed E-state index contributed by atoms with van der Waals surface area (Å²) in [4.78, 5) is 32.0. The molecule has 2 atom stereocenters. The first kappa shape index (κ1) is 24.5. The van der Waals surface area contributed by atoms with Crippen molar-refractivity contribution < 1.29 is 18.7 Å². The van der Waals surface area contributed by atoms with Crippen molar-refractivity contribution in [3.63, 3.8) is 0 Å². The minimum Gasteiger partial charge on any atom is -0.439 e. The molecule has 1 amide bonds. The molecule has 9 heteroatoms. The van der Waals surface area contributed by atoms with Gasteiger partial charge in [-0.15, -0.1) is 0 Å². The second-order valence-electron chi connectivity index (χ2n) is 8.49. The largest absolute Gasteiger partial charge is 0.439 e. The fraction of sp³-hybridized carbons (Fsp3) is 0.148. The monoisotopic (exact) mass is 538 g/mol. The summed E-state index contributed by atoms with van der Waals surface area (Å²) in [6.45, 7) is 1.64. The van der Waals surface area contributed by atoms with Crippen molar-refractivity contribution in [1.29, 1.82) is 0 Å². The third-order valence-corrected chi connectivity index (χ3v) is 7.85. The Morgan fingerprint density at radius 3 is 2.67 bits per heavy atom. The van der Waals surface area contributed by atoms with Gasteiger partial charge in [0.2, 0.25) is 11.8 Å². The number of hydrogen-bond donors (Lipinski definition) is 1. The van der Waals surface area contributed by atoms with Crippen molar-refractivity contribution in [2.45, 2.75) is 24.8 Å². The van der Waals surface area contributed by atoms with E-state index in [1.807, 2.05) is 16.8 Å². The summed E-state index contributed by atoms with van der Waals surface area (Å²) in [5.41, 5.74) is 0.765. The SMILES string of the molecule is Cc1cc(Oc2cccc(C3(c4ccsc4)CC(=O)C(c4ccccc4Cl)C(=O)N3S)n2)ccc1F. The molecule has 5 rings (SSSR count). The summed E-state index contributed by atoms with van der Waals surface area (Å²) in [5.74, 6) is -1.52. The van der Waals surface area contributed by atoms with Crippen LogP contribution >= 0.6 is 35.8 Å². The van der Waals surface area contributed by atoms with Crippen LogP contribution in [0.5, 0.6) is 11.6 Å². The van der Waals surface area contributed by atoms with Crippen LogP contribution in [0, 0.1) is 12.7 Å². The third-order valence-electron chi connectivity index (χ3n) is 6.28. The maximum absolute atomic E-state index is 13.7. The highest BCUT2D eigenvalue weighted by molar-refractivity contribution is 7.78. The molecular formula is C27H20ClFN2O3S2. The van der Waals surface area contributed by atoms with E-state index in [1.165, 1.54) is 27.8 Å². The highest BCUT2D eigenvalue weighted by Crippen LogP contribution is 2.48. The van der Waals surface area contributed by atoms with Crippen LogP contribution in [0.15, 0.2) is 77.5 Å². The summed E-state index contributed by atoms with van der Waals surface area (Å²) in [6, 6.07) is 18.2. The van der Waals surface area contributed by atoms with Gasteiger partial charge in [-0.3, -0.25) is 13.9 Å². The van der Waals surface area contributed by atoms with Crippen LogP contribution in [0.1, 0.15) is 34.7 Å². The Kier molecular flexibility index (Phi) is 6.59. The number of benzene rings is 2. The Morgan fingerprint density at radius 2 is 1.94 bits per heavy atom. The molecule has 0 N–H and O–H groups in total. The molecule has 2 aromatic carbocycles. The fourth-order valence-electron chi connectivity index (χ4n) is 4.47. The Balaban J connectivity index is 1.58. The summed E-state index contributed by atoms with van der Waals surface area (Å²) < 4.78 is 20.9. The smallest absolute Gasteiger partial charge is 0.248 e. The van der Waals surface area contributed by atoms with Crippen LogP contribution in [-0.2, 0) is 15.1 Å². The van der Waals surface area contributed by atoms with Crippen molar-refractivity contribution >= 4 is 47.4 Å². The summed E-state index contributed by atoms with van der Waals surface area (Å²) in [6.07, 6.45) is -0.0546. The Bertz CT molecular complexity index is 1460. The Hall–Kier alpha value is -3.20. The Morgan fingerprint density at radius 1 is 1.14 bits per heavy atom. The lowest BCUT2D eigenvalue weighted by Gasteiger charge is -2.45. The minimum absolute atomic E-state index is 0.0546. The van der Waals surface area contributed by atoms with Gasteiger partial charge in [0.15, 0.2) is 5.78 Å². The number of aryl methyl sites for hydroxylation is 1. The number of thiophene rings is 1. The van der Waals surface area contributed by atoms with Crippen molar-refractivity contribution in [1.82, 2.24) is 9.29 Å². The highest BCUT2D eigenvalue weighted by Gasteiger charge is 2.53. The lowest BCUT2D eigenvalue weighted by Crippen LogP contribution is -2.54. The molecule has 0 radical (unpaired) electrons. The van der Waals surface area contributed by atoms with E-state index in [2.05, 4.69) is 17.8 Å². The van der Waals surface area contributed by atoms with E-state index in [4.69, 9.17) is 16.3 Å². The zero-order valence-electron chi connectivity index (χ0n) is 19.0. The van der Waals surface area contributed by atoms with E-state index < -0.39 is 17.4 Å². The Labute approximate surface area is 222 Å². The number of aromatic nitrogens is 1. The standard InChI is InChI=1S/C27H20ClFN2O3S2/c1-16-13-18(9-10-21(16)29)34-24-8-4-7-23(30-24)27(17-11-12-36-15-17)14-22(32)25(26(33)31(27)35)19-5-2-3-6-20(19)28/h2-13,15,25,35H,14H2,1H3. The lowest BCUT2D eigenvalue weighted by atomic mass is 9.75. The molecule has 4 aromatic rings. The number of rotatable bonds is 5. The van der Waals surface area contributed by atoms with E-state index in [9.17, 15) is 14.0 Å². The van der Waals surface area contributed by atoms with Crippen molar-refractivity contribution in [3.05, 3.63) is 111 Å². The molecular weight excluding hydrogens is 519 g/mol. The zero-order valence-corrected chi connectivity index (χ0v) is 21.5. The van der Waals surface area contributed by atoms with Gasteiger partial charge in [-0.05, 0) is 70.8 Å². The lowest BCUT2D eigenvalue weighted by molar-refractivity contribution is -0.142. The van der Waals surface area contributed by atoms with Crippen LogP contribution < -0.4 is 4.74 Å². The van der Waals surface area contributed by atoms with Gasteiger partial charge in [-0.2, -0.15) is 11.3 Å². The number of thiol groups is 1. The first-order valence-corrected chi connectivity index (χ1v) is 12.8. The zero-order chi connectivity index (χ0) is 25.4. The molecule has 0 saturated carbocycles. The molecule has 0 spiro atoms. The van der Waals surface area contributed by atoms with Crippen molar-refractivity contribution in [2.75, 3.05) is 0 Å². The molecule has 3 heterocycles. The van der Waals surface area contributed by atoms with Gasteiger partial charge in [0.25, 0.3) is 0 Å². The maximum Gasteiger partial charge on any atom is 0.248 e. The first-order valence-electron chi connectivity index (χ1n) is 11.1. The van der Waals surface area contributed by atoms with Crippen LogP contribution in [0.3, 0.4) is 0 Å². The van der Waals surface area contributed by atoms with Crippen molar-refractivity contribution in [2.24, 2.45) is 0 Å². The van der Waals surface area contributed by atoms with Crippen LogP contribution in [-0.4, -0.2) is 21.0 Å². The number of amides is 1. The number of pyridine rings is 1. The third kappa shape index (κ3) is 4.19. The topological polar surface area (TPSA) is 59.5 Å². The summed E-state index contributed by atoms with van der Waals surface area (Å²) in [7, 11) is 0. The second-order valence-corrected chi connectivity index (χ2v) is 10.1. The second kappa shape index (κ2) is 9.69. The molecule has 1 aliphatic heterocycles. The van der Waals surface area contributed by atoms with Gasteiger partial charge in [-0.25, -0.2) is 9.37 Å². The maximum atomic E-state index is 13.7. The molecule has 5 nitrogen and oxygen atoms in total. The molecule has 1 saturated heterocycles. The van der Waals surface area contributed by atoms with Crippen LogP contribution in [0.25, 0.3) is 0 Å². The van der Waals surface area contributed by atoms with Gasteiger partial charge in [0.05, 0.1) is 5.69 Å². The van der Waals surface area contributed by atoms with Gasteiger partial charge >= 0.3 is 0 Å². The molecule has 1 aliphatic rings. The average molecular weight is 539 g/mol. The number of nitrogens with zero attached hydrogens (tertiary/aromatic N) is 2. The number of carbonyl (C=O) groups excluding carboxylic acids is 2. The van der Waals surface area contributed by atoms with Gasteiger partial charge in [-0.1, -0.05) is 48.7 Å². The number of halogens is 2. The number of ether oxygens (including phenoxy) is 1. The highest BCUT2D eigenvalue weighted by atomic mass is 35.5. The fourth-order valence-corrected chi connectivity index (χ4v) is 5.84. The quantitative estimate of drug-likeness (QED) is 0.227. The number of carbonyl (C=O) groups is 2. The van der Waals surface area contributed by atoms with E-state index in [1.54, 1.807) is 55.5 Å². The molecule has 2 unspecified atom stereocenters. The molecule has 182 valence electrons. The predicted molar refractivity (Wildman–Crippen MR) is 140 cm³/mol. The number of piperidine rings is 1. The summed E-state index contributed by atoms with van der Waals surface area (Å²) in [5, 5.41) is 4.09. The van der Waals surface area contributed by atoms with E-state index in [-0.39, 0.29) is 23.9 Å². The van der Waals surface area contributed by atoms with Gasteiger partial charge in [0.1, 0.15) is 23.0 Å².